The Balaban J connectivity index is 1.63. The number of esters is 1. The molecule has 146 valence electrons. The van der Waals surface area contributed by atoms with Crippen LogP contribution in [0.5, 0.6) is 0 Å². The molecule has 0 fully saturated rings. The van der Waals surface area contributed by atoms with Gasteiger partial charge in [-0.05, 0) is 55.9 Å². The minimum absolute atomic E-state index is 0.119. The summed E-state index contributed by atoms with van der Waals surface area (Å²) in [4.78, 5) is 25.6. The predicted octanol–water partition coefficient (Wildman–Crippen LogP) is 4.14. The van der Waals surface area contributed by atoms with Gasteiger partial charge in [0.2, 0.25) is 0 Å². The van der Waals surface area contributed by atoms with Crippen molar-refractivity contribution in [3.8, 4) is 6.07 Å². The zero-order valence-corrected chi connectivity index (χ0v) is 16.4. The lowest BCUT2D eigenvalue weighted by Gasteiger charge is -2.13. The van der Waals surface area contributed by atoms with E-state index >= 15 is 0 Å². The topological polar surface area (TPSA) is 79.2 Å². The Hall–Kier alpha value is -2.72. The lowest BCUT2D eigenvalue weighted by molar-refractivity contribution is -0.152. The summed E-state index contributed by atoms with van der Waals surface area (Å²) in [6.07, 6.45) is 3.90. The van der Waals surface area contributed by atoms with Crippen molar-refractivity contribution >= 4 is 28.2 Å². The van der Waals surface area contributed by atoms with Crippen LogP contribution >= 0.6 is 11.3 Å². The summed E-state index contributed by atoms with van der Waals surface area (Å²) in [7, 11) is 0. The van der Waals surface area contributed by atoms with Gasteiger partial charge in [-0.2, -0.15) is 5.26 Å². The van der Waals surface area contributed by atoms with Crippen LogP contribution in [0.2, 0.25) is 0 Å². The van der Waals surface area contributed by atoms with Gasteiger partial charge in [0.25, 0.3) is 5.91 Å². The lowest BCUT2D eigenvalue weighted by atomic mass is 10.1. The lowest BCUT2D eigenvalue weighted by Crippen LogP contribution is -2.30. The highest BCUT2D eigenvalue weighted by Gasteiger charge is 2.24. The average Bonchev–Trinajstić information content (AvgIpc) is 2.81. The van der Waals surface area contributed by atoms with Crippen molar-refractivity contribution in [1.82, 2.24) is 0 Å². The summed E-state index contributed by atoms with van der Waals surface area (Å²) in [6, 6.07) is 7.88. The SMILES string of the molecule is C[C@@H](OC(=O)Cc1cccc(F)c1)C(=O)Nc1sc2c(c1C#N)CCCCC2. The van der Waals surface area contributed by atoms with Gasteiger partial charge in [-0.1, -0.05) is 18.6 Å². The van der Waals surface area contributed by atoms with E-state index in [4.69, 9.17) is 4.74 Å². The maximum Gasteiger partial charge on any atom is 0.311 e. The van der Waals surface area contributed by atoms with Crippen LogP contribution in [0.1, 0.15) is 47.8 Å². The Morgan fingerprint density at radius 3 is 2.86 bits per heavy atom. The highest BCUT2D eigenvalue weighted by molar-refractivity contribution is 7.16. The van der Waals surface area contributed by atoms with Gasteiger partial charge in [-0.3, -0.25) is 9.59 Å². The number of ether oxygens (including phenoxy) is 1. The van der Waals surface area contributed by atoms with E-state index in [0.29, 0.717) is 16.1 Å². The van der Waals surface area contributed by atoms with Gasteiger partial charge in [0, 0.05) is 4.88 Å². The van der Waals surface area contributed by atoms with Crippen molar-refractivity contribution < 1.29 is 18.7 Å². The maximum atomic E-state index is 13.2. The van der Waals surface area contributed by atoms with Gasteiger partial charge >= 0.3 is 5.97 Å². The van der Waals surface area contributed by atoms with Crippen LogP contribution in [0, 0.1) is 17.1 Å². The molecule has 3 rings (SSSR count). The quantitative estimate of drug-likeness (QED) is 0.604. The first-order valence-electron chi connectivity index (χ1n) is 9.27. The number of nitrogens with zero attached hydrogens (tertiary/aromatic N) is 1. The Bertz CT molecular complexity index is 932. The summed E-state index contributed by atoms with van der Waals surface area (Å²) in [6.45, 7) is 1.48. The number of hydrogen-bond donors (Lipinski definition) is 1. The molecule has 1 aromatic heterocycles. The van der Waals surface area contributed by atoms with Gasteiger partial charge < -0.3 is 10.1 Å². The van der Waals surface area contributed by atoms with E-state index in [1.54, 1.807) is 6.07 Å². The molecule has 1 atom stereocenters. The van der Waals surface area contributed by atoms with Gasteiger partial charge in [-0.25, -0.2) is 4.39 Å². The summed E-state index contributed by atoms with van der Waals surface area (Å²) < 4.78 is 18.4. The first kappa shape index (κ1) is 20.0. The molecule has 28 heavy (non-hydrogen) atoms. The molecule has 0 aliphatic heterocycles. The van der Waals surface area contributed by atoms with Gasteiger partial charge in [-0.15, -0.1) is 11.3 Å². The number of fused-ring (bicyclic) bond motifs is 1. The molecule has 1 aromatic carbocycles. The fourth-order valence-corrected chi connectivity index (χ4v) is 4.51. The number of nitrogens with one attached hydrogen (secondary N) is 1. The number of hydrogen-bond acceptors (Lipinski definition) is 5. The number of carbonyl (C=O) groups is 2. The fraction of sp³-hybridized carbons (Fsp3) is 0.381. The number of anilines is 1. The molecule has 0 radical (unpaired) electrons. The second-order valence-corrected chi connectivity index (χ2v) is 7.91. The monoisotopic (exact) mass is 400 g/mol. The Morgan fingerprint density at radius 1 is 1.32 bits per heavy atom. The Kier molecular flexibility index (Phi) is 6.42. The van der Waals surface area contributed by atoms with E-state index in [1.807, 2.05) is 0 Å². The summed E-state index contributed by atoms with van der Waals surface area (Å²) in [5.41, 5.74) is 2.04. The minimum atomic E-state index is -1.02. The van der Waals surface area contributed by atoms with E-state index in [9.17, 15) is 19.2 Å². The summed E-state index contributed by atoms with van der Waals surface area (Å²) in [5.74, 6) is -1.53. The van der Waals surface area contributed by atoms with Crippen molar-refractivity contribution in [1.29, 1.82) is 5.26 Å². The average molecular weight is 400 g/mol. The van der Waals surface area contributed by atoms with Crippen molar-refractivity contribution in [2.75, 3.05) is 5.32 Å². The third-order valence-corrected chi connectivity index (χ3v) is 5.89. The van der Waals surface area contributed by atoms with Crippen molar-refractivity contribution in [2.24, 2.45) is 0 Å². The molecule has 1 amide bonds. The maximum absolute atomic E-state index is 13.2. The predicted molar refractivity (Wildman–Crippen MR) is 105 cm³/mol. The number of thiophene rings is 1. The van der Waals surface area contributed by atoms with Crippen LogP contribution in [0.15, 0.2) is 24.3 Å². The first-order chi connectivity index (χ1) is 13.5. The molecular formula is C21H21FN2O3S. The van der Waals surface area contributed by atoms with Crippen LogP contribution in [0.25, 0.3) is 0 Å². The Morgan fingerprint density at radius 2 is 2.11 bits per heavy atom. The number of amides is 1. The molecule has 0 unspecified atom stereocenters. The third-order valence-electron chi connectivity index (χ3n) is 4.68. The van der Waals surface area contributed by atoms with E-state index in [0.717, 1.165) is 42.5 Å². The zero-order valence-electron chi connectivity index (χ0n) is 15.6. The van der Waals surface area contributed by atoms with Crippen LogP contribution in [-0.2, 0) is 33.6 Å². The molecular weight excluding hydrogens is 379 g/mol. The number of halogens is 1. The van der Waals surface area contributed by atoms with E-state index in [2.05, 4.69) is 11.4 Å². The van der Waals surface area contributed by atoms with Crippen molar-refractivity contribution in [2.45, 2.75) is 51.6 Å². The fourth-order valence-electron chi connectivity index (χ4n) is 3.27. The smallest absolute Gasteiger partial charge is 0.311 e. The molecule has 0 saturated carbocycles. The molecule has 0 bridgehead atoms. The van der Waals surface area contributed by atoms with E-state index in [-0.39, 0.29) is 6.42 Å². The van der Waals surface area contributed by atoms with Crippen LogP contribution in [-0.4, -0.2) is 18.0 Å². The molecule has 0 saturated heterocycles. The highest BCUT2D eigenvalue weighted by Crippen LogP contribution is 2.37. The zero-order chi connectivity index (χ0) is 20.1. The number of aryl methyl sites for hydroxylation is 1. The summed E-state index contributed by atoms with van der Waals surface area (Å²) in [5, 5.41) is 12.8. The van der Waals surface area contributed by atoms with Gasteiger partial charge in [0.15, 0.2) is 6.10 Å². The van der Waals surface area contributed by atoms with Crippen LogP contribution in [0.3, 0.4) is 0 Å². The van der Waals surface area contributed by atoms with Crippen molar-refractivity contribution in [3.05, 3.63) is 51.7 Å². The first-order valence-corrected chi connectivity index (χ1v) is 10.1. The highest BCUT2D eigenvalue weighted by atomic mass is 32.1. The molecule has 1 aliphatic carbocycles. The van der Waals surface area contributed by atoms with Crippen molar-refractivity contribution in [3.63, 3.8) is 0 Å². The van der Waals surface area contributed by atoms with Gasteiger partial charge in [0.1, 0.15) is 16.9 Å². The molecule has 5 nitrogen and oxygen atoms in total. The standard InChI is InChI=1S/C21H21FN2O3S/c1-13(27-19(25)11-14-6-5-7-15(22)10-14)20(26)24-21-17(12-23)16-8-3-2-4-9-18(16)28-21/h5-7,10,13H,2-4,8-9,11H2,1H3,(H,24,26)/t13-/m1/s1. The molecule has 1 heterocycles. The third kappa shape index (κ3) is 4.76. The molecule has 1 aliphatic rings. The molecule has 7 heteroatoms. The molecule has 1 N–H and O–H groups in total. The minimum Gasteiger partial charge on any atom is -0.452 e. The normalized spacial score (nSPS) is 14.3. The number of benzene rings is 1. The van der Waals surface area contributed by atoms with E-state index in [1.165, 1.54) is 36.5 Å². The number of nitriles is 1. The largest absolute Gasteiger partial charge is 0.452 e. The molecule has 2 aromatic rings. The van der Waals surface area contributed by atoms with Crippen LogP contribution < -0.4 is 5.32 Å². The van der Waals surface area contributed by atoms with Crippen LogP contribution in [0.4, 0.5) is 9.39 Å². The second-order valence-electron chi connectivity index (χ2n) is 6.81. The van der Waals surface area contributed by atoms with Gasteiger partial charge in [0.05, 0.1) is 12.0 Å². The Labute approximate surface area is 167 Å². The van der Waals surface area contributed by atoms with E-state index < -0.39 is 23.8 Å². The second kappa shape index (κ2) is 8.98. The summed E-state index contributed by atoms with van der Waals surface area (Å²) >= 11 is 1.43. The molecule has 0 spiro atoms. The number of rotatable bonds is 5. The number of carbonyl (C=O) groups excluding carboxylic acids is 2.